The van der Waals surface area contributed by atoms with Gasteiger partial charge < -0.3 is 15.6 Å². The van der Waals surface area contributed by atoms with Crippen molar-refractivity contribution in [2.24, 2.45) is 11.7 Å². The first-order valence-electron chi connectivity index (χ1n) is 5.37. The number of nitrogens with two attached hydrogens (primary N) is 1. The van der Waals surface area contributed by atoms with Gasteiger partial charge in [0, 0.05) is 0 Å². The fraction of sp³-hybridized carbons (Fsp3) is 0.700. The zero-order valence-corrected chi connectivity index (χ0v) is 9.86. The van der Waals surface area contributed by atoms with Crippen LogP contribution in [-0.2, 0) is 11.3 Å². The van der Waals surface area contributed by atoms with E-state index in [-0.39, 0.29) is 18.4 Å². The van der Waals surface area contributed by atoms with Crippen molar-refractivity contribution in [1.29, 1.82) is 0 Å². The number of hydrogen-bond acceptors (Lipinski definition) is 5. The molecule has 0 fully saturated rings. The van der Waals surface area contributed by atoms with Crippen molar-refractivity contribution in [1.82, 2.24) is 15.5 Å². The summed E-state index contributed by atoms with van der Waals surface area (Å²) in [6, 6.07) is -0.492. The number of aromatic nitrogens is 2. The third kappa shape index (κ3) is 3.30. The fourth-order valence-corrected chi connectivity index (χ4v) is 1.20. The van der Waals surface area contributed by atoms with E-state index in [1.54, 1.807) is 6.92 Å². The van der Waals surface area contributed by atoms with Gasteiger partial charge in [-0.15, -0.1) is 0 Å². The molecule has 3 N–H and O–H groups in total. The molecule has 1 rings (SSSR count). The summed E-state index contributed by atoms with van der Waals surface area (Å²) in [6.07, 6.45) is 0.869. The highest BCUT2D eigenvalue weighted by atomic mass is 16.5. The molecule has 0 aliphatic carbocycles. The Morgan fingerprint density at radius 2 is 2.31 bits per heavy atom. The Morgan fingerprint density at radius 1 is 1.62 bits per heavy atom. The van der Waals surface area contributed by atoms with Crippen LogP contribution in [0.2, 0.25) is 0 Å². The van der Waals surface area contributed by atoms with Crippen molar-refractivity contribution < 1.29 is 9.32 Å². The first kappa shape index (κ1) is 12.6. The second-order valence-electron chi connectivity index (χ2n) is 3.86. The SMILES string of the molecule is CCC(C)C(N)C(=O)NCc1nc(C)no1. The Bertz CT molecular complexity index is 350. The lowest BCUT2D eigenvalue weighted by molar-refractivity contribution is -0.123. The number of carbonyl (C=O) groups excluding carboxylic acids is 1. The van der Waals surface area contributed by atoms with Crippen LogP contribution in [-0.4, -0.2) is 22.1 Å². The lowest BCUT2D eigenvalue weighted by atomic mass is 9.99. The predicted octanol–water partition coefficient (Wildman–Crippen LogP) is 0.368. The smallest absolute Gasteiger partial charge is 0.246 e. The molecular weight excluding hydrogens is 208 g/mol. The average Bonchev–Trinajstić information content (AvgIpc) is 2.69. The highest BCUT2D eigenvalue weighted by Gasteiger charge is 2.19. The van der Waals surface area contributed by atoms with E-state index in [1.807, 2.05) is 13.8 Å². The molecule has 1 aromatic heterocycles. The van der Waals surface area contributed by atoms with Crippen LogP contribution in [0, 0.1) is 12.8 Å². The molecule has 1 amide bonds. The summed E-state index contributed by atoms with van der Waals surface area (Å²) < 4.78 is 4.86. The maximum Gasteiger partial charge on any atom is 0.246 e. The molecule has 1 aromatic rings. The minimum absolute atomic E-state index is 0.157. The maximum atomic E-state index is 11.6. The van der Waals surface area contributed by atoms with Crippen LogP contribution < -0.4 is 11.1 Å². The molecule has 0 bridgehead atoms. The van der Waals surface area contributed by atoms with Crippen molar-refractivity contribution in [3.05, 3.63) is 11.7 Å². The number of carbonyl (C=O) groups is 1. The Kier molecular flexibility index (Phi) is 4.42. The van der Waals surface area contributed by atoms with Crippen molar-refractivity contribution in [2.45, 2.75) is 39.8 Å². The van der Waals surface area contributed by atoms with Gasteiger partial charge in [-0.2, -0.15) is 4.98 Å². The highest BCUT2D eigenvalue weighted by molar-refractivity contribution is 5.81. The Labute approximate surface area is 94.6 Å². The molecule has 1 heterocycles. The average molecular weight is 226 g/mol. The van der Waals surface area contributed by atoms with Gasteiger partial charge in [0.1, 0.15) is 0 Å². The molecular formula is C10H18N4O2. The quantitative estimate of drug-likeness (QED) is 0.756. The molecule has 0 saturated heterocycles. The van der Waals surface area contributed by atoms with E-state index in [0.29, 0.717) is 11.7 Å². The monoisotopic (exact) mass is 226 g/mol. The van der Waals surface area contributed by atoms with Crippen LogP contribution in [0.1, 0.15) is 32.0 Å². The lowest BCUT2D eigenvalue weighted by Crippen LogP contribution is -2.44. The molecule has 0 aromatic carbocycles. The van der Waals surface area contributed by atoms with Crippen molar-refractivity contribution in [3.8, 4) is 0 Å². The van der Waals surface area contributed by atoms with Crippen LogP contribution in [0.15, 0.2) is 4.52 Å². The molecule has 90 valence electrons. The second-order valence-corrected chi connectivity index (χ2v) is 3.86. The van der Waals surface area contributed by atoms with Crippen LogP contribution in [0.3, 0.4) is 0 Å². The molecule has 6 nitrogen and oxygen atoms in total. The van der Waals surface area contributed by atoms with E-state index in [9.17, 15) is 4.79 Å². The molecule has 6 heteroatoms. The summed E-state index contributed by atoms with van der Waals surface area (Å²) in [5.41, 5.74) is 5.76. The summed E-state index contributed by atoms with van der Waals surface area (Å²) in [7, 11) is 0. The van der Waals surface area contributed by atoms with Gasteiger partial charge in [-0.05, 0) is 12.8 Å². The van der Waals surface area contributed by atoms with Crippen LogP contribution in [0.25, 0.3) is 0 Å². The Morgan fingerprint density at radius 3 is 2.81 bits per heavy atom. The molecule has 0 aliphatic rings. The summed E-state index contributed by atoms with van der Waals surface area (Å²) >= 11 is 0. The van der Waals surface area contributed by atoms with Gasteiger partial charge >= 0.3 is 0 Å². The predicted molar refractivity (Wildman–Crippen MR) is 58.3 cm³/mol. The van der Waals surface area contributed by atoms with E-state index in [2.05, 4.69) is 15.5 Å². The number of amides is 1. The third-order valence-electron chi connectivity index (χ3n) is 2.54. The third-order valence-corrected chi connectivity index (χ3v) is 2.54. The van der Waals surface area contributed by atoms with Crippen molar-refractivity contribution in [2.75, 3.05) is 0 Å². The minimum Gasteiger partial charge on any atom is -0.346 e. The van der Waals surface area contributed by atoms with Gasteiger partial charge in [0.2, 0.25) is 11.8 Å². The van der Waals surface area contributed by atoms with E-state index >= 15 is 0 Å². The lowest BCUT2D eigenvalue weighted by Gasteiger charge is -2.16. The number of hydrogen-bond donors (Lipinski definition) is 2. The van der Waals surface area contributed by atoms with E-state index in [1.165, 1.54) is 0 Å². The molecule has 16 heavy (non-hydrogen) atoms. The minimum atomic E-state index is -0.492. The van der Waals surface area contributed by atoms with Crippen LogP contribution in [0.4, 0.5) is 0 Å². The van der Waals surface area contributed by atoms with Crippen LogP contribution >= 0.6 is 0 Å². The van der Waals surface area contributed by atoms with Crippen molar-refractivity contribution >= 4 is 5.91 Å². The second kappa shape index (κ2) is 5.60. The first-order chi connectivity index (χ1) is 7.54. The molecule has 0 aliphatic heterocycles. The maximum absolute atomic E-state index is 11.6. The standard InChI is InChI=1S/C10H18N4O2/c1-4-6(2)9(11)10(15)12-5-8-13-7(3)14-16-8/h6,9H,4-5,11H2,1-3H3,(H,12,15). The summed E-state index contributed by atoms with van der Waals surface area (Å²) in [4.78, 5) is 15.6. The van der Waals surface area contributed by atoms with Gasteiger partial charge in [0.05, 0.1) is 12.6 Å². The summed E-state index contributed by atoms with van der Waals surface area (Å²) in [6.45, 7) is 5.89. The molecule has 2 unspecified atom stereocenters. The Balaban J connectivity index is 2.40. The number of rotatable bonds is 5. The first-order valence-corrected chi connectivity index (χ1v) is 5.37. The van der Waals surface area contributed by atoms with Crippen molar-refractivity contribution in [3.63, 3.8) is 0 Å². The summed E-state index contributed by atoms with van der Waals surface area (Å²) in [5.74, 6) is 0.910. The van der Waals surface area contributed by atoms with Crippen LogP contribution in [0.5, 0.6) is 0 Å². The number of nitrogens with one attached hydrogen (secondary N) is 1. The fourth-order valence-electron chi connectivity index (χ4n) is 1.20. The normalized spacial score (nSPS) is 14.5. The van der Waals surface area contributed by atoms with Gasteiger partial charge in [-0.1, -0.05) is 25.4 Å². The molecule has 2 atom stereocenters. The zero-order chi connectivity index (χ0) is 12.1. The van der Waals surface area contributed by atoms with E-state index in [0.717, 1.165) is 6.42 Å². The van der Waals surface area contributed by atoms with Gasteiger partial charge in [0.15, 0.2) is 5.82 Å². The zero-order valence-electron chi connectivity index (χ0n) is 9.86. The largest absolute Gasteiger partial charge is 0.346 e. The number of aryl methyl sites for hydroxylation is 1. The van der Waals surface area contributed by atoms with E-state index in [4.69, 9.17) is 10.3 Å². The van der Waals surface area contributed by atoms with E-state index < -0.39 is 6.04 Å². The number of nitrogens with zero attached hydrogens (tertiary/aromatic N) is 2. The van der Waals surface area contributed by atoms with Gasteiger partial charge in [-0.25, -0.2) is 0 Å². The molecule has 0 saturated carbocycles. The van der Waals surface area contributed by atoms with Gasteiger partial charge in [-0.3, -0.25) is 4.79 Å². The molecule has 0 radical (unpaired) electrons. The Hall–Kier alpha value is -1.43. The van der Waals surface area contributed by atoms with Gasteiger partial charge in [0.25, 0.3) is 0 Å². The molecule has 0 spiro atoms. The summed E-state index contributed by atoms with van der Waals surface area (Å²) in [5, 5.41) is 6.29. The highest BCUT2D eigenvalue weighted by Crippen LogP contribution is 2.05. The topological polar surface area (TPSA) is 94.0 Å².